The maximum absolute atomic E-state index is 12.4. The Morgan fingerprint density at radius 2 is 2.10 bits per heavy atom. The fourth-order valence-corrected chi connectivity index (χ4v) is 3.36. The van der Waals surface area contributed by atoms with Gasteiger partial charge in [-0.1, -0.05) is 54.3 Å². The van der Waals surface area contributed by atoms with E-state index in [2.05, 4.69) is 0 Å². The van der Waals surface area contributed by atoms with Gasteiger partial charge in [-0.3, -0.25) is 9.69 Å². The molecule has 1 atom stereocenters. The molecular formula is C15H15NO3S2. The van der Waals surface area contributed by atoms with Crippen molar-refractivity contribution in [2.24, 2.45) is 0 Å². The zero-order valence-electron chi connectivity index (χ0n) is 11.7. The number of nitrogens with zero attached hydrogens (tertiary/aromatic N) is 1. The van der Waals surface area contributed by atoms with Gasteiger partial charge in [0.2, 0.25) is 0 Å². The molecule has 110 valence electrons. The summed E-state index contributed by atoms with van der Waals surface area (Å²) in [6.45, 7) is 3.90. The van der Waals surface area contributed by atoms with Crippen LogP contribution in [-0.2, 0) is 14.3 Å². The van der Waals surface area contributed by atoms with Crippen molar-refractivity contribution in [3.63, 3.8) is 0 Å². The fourth-order valence-electron chi connectivity index (χ4n) is 1.99. The first kappa shape index (κ1) is 15.7. The Balaban J connectivity index is 2.21. The van der Waals surface area contributed by atoms with E-state index in [9.17, 15) is 9.59 Å². The van der Waals surface area contributed by atoms with Gasteiger partial charge in [0, 0.05) is 6.08 Å². The second kappa shape index (κ2) is 6.87. The number of esters is 1. The highest BCUT2D eigenvalue weighted by Gasteiger charge is 2.36. The van der Waals surface area contributed by atoms with Crippen molar-refractivity contribution in [1.82, 2.24) is 4.90 Å². The number of thiocarbonyl (C=S) groups is 1. The third-order valence-electron chi connectivity index (χ3n) is 3.03. The van der Waals surface area contributed by atoms with Crippen LogP contribution in [0.5, 0.6) is 0 Å². The molecule has 0 bridgehead atoms. The monoisotopic (exact) mass is 321 g/mol. The molecule has 0 radical (unpaired) electrons. The van der Waals surface area contributed by atoms with Crippen LogP contribution < -0.4 is 0 Å². The van der Waals surface area contributed by atoms with Crippen LogP contribution in [0, 0.1) is 0 Å². The lowest BCUT2D eigenvalue weighted by atomic mass is 10.1. The minimum Gasteiger partial charge on any atom is -0.463 e. The molecule has 1 heterocycles. The lowest BCUT2D eigenvalue weighted by molar-refractivity contribution is -0.137. The number of hydrogen-bond donors (Lipinski definition) is 0. The molecule has 0 saturated carbocycles. The zero-order chi connectivity index (χ0) is 15.4. The maximum Gasteiger partial charge on any atom is 0.332 e. The number of carbonyl (C=O) groups is 2. The molecule has 0 aromatic heterocycles. The van der Waals surface area contributed by atoms with Crippen LogP contribution in [0.3, 0.4) is 0 Å². The quantitative estimate of drug-likeness (QED) is 0.484. The number of amides is 1. The Morgan fingerprint density at radius 1 is 1.43 bits per heavy atom. The molecule has 1 amide bonds. The summed E-state index contributed by atoms with van der Waals surface area (Å²) in [6.07, 6.45) is 1.21. The van der Waals surface area contributed by atoms with E-state index in [1.54, 1.807) is 6.92 Å². The molecule has 0 N–H and O–H groups in total. The lowest BCUT2D eigenvalue weighted by Crippen LogP contribution is -2.31. The van der Waals surface area contributed by atoms with Gasteiger partial charge in [0.25, 0.3) is 5.91 Å². The molecule has 1 fully saturated rings. The van der Waals surface area contributed by atoms with Crippen molar-refractivity contribution in [3.05, 3.63) is 46.9 Å². The molecule has 1 aliphatic rings. The van der Waals surface area contributed by atoms with Gasteiger partial charge in [-0.25, -0.2) is 4.79 Å². The van der Waals surface area contributed by atoms with Gasteiger partial charge >= 0.3 is 5.97 Å². The topological polar surface area (TPSA) is 46.6 Å². The molecule has 1 saturated heterocycles. The molecule has 4 nitrogen and oxygen atoms in total. The van der Waals surface area contributed by atoms with Gasteiger partial charge in [0.05, 0.1) is 17.6 Å². The van der Waals surface area contributed by atoms with Gasteiger partial charge < -0.3 is 4.74 Å². The minimum atomic E-state index is -0.523. The summed E-state index contributed by atoms with van der Waals surface area (Å²) in [4.78, 5) is 25.7. The average molecular weight is 321 g/mol. The van der Waals surface area contributed by atoms with Crippen molar-refractivity contribution in [2.45, 2.75) is 19.9 Å². The number of rotatable bonds is 4. The number of ether oxygens (including phenoxy) is 1. The highest BCUT2D eigenvalue weighted by molar-refractivity contribution is 8.26. The molecule has 0 spiro atoms. The van der Waals surface area contributed by atoms with Gasteiger partial charge in [-0.2, -0.15) is 0 Å². The standard InChI is InChI=1S/C15H15NO3S2/c1-3-19-13(17)9-12-14(18)16(15(20)21-12)10(2)11-7-5-4-6-8-11/h4-10H,3H2,1-2H3/b12-9-. The molecular weight excluding hydrogens is 306 g/mol. The van der Waals surface area contributed by atoms with E-state index >= 15 is 0 Å². The third-order valence-corrected chi connectivity index (χ3v) is 4.36. The summed E-state index contributed by atoms with van der Waals surface area (Å²) >= 11 is 6.39. The van der Waals surface area contributed by atoms with Crippen molar-refractivity contribution < 1.29 is 14.3 Å². The second-order valence-corrected chi connectivity index (χ2v) is 6.07. The summed E-state index contributed by atoms with van der Waals surface area (Å²) < 4.78 is 5.28. The molecule has 6 heteroatoms. The Hall–Kier alpha value is -1.66. The molecule has 1 aliphatic heterocycles. The molecule has 0 aliphatic carbocycles. The maximum atomic E-state index is 12.4. The summed E-state index contributed by atoms with van der Waals surface area (Å²) in [7, 11) is 0. The molecule has 1 aromatic rings. The fraction of sp³-hybridized carbons (Fsp3) is 0.267. The average Bonchev–Trinajstić information content (AvgIpc) is 2.74. The Labute approximate surface area is 133 Å². The smallest absolute Gasteiger partial charge is 0.332 e. The molecule has 21 heavy (non-hydrogen) atoms. The first-order valence-corrected chi connectivity index (χ1v) is 7.75. The third kappa shape index (κ3) is 3.51. The van der Waals surface area contributed by atoms with E-state index in [0.717, 1.165) is 17.3 Å². The predicted molar refractivity (Wildman–Crippen MR) is 86.6 cm³/mol. The molecule has 1 unspecified atom stereocenters. The largest absolute Gasteiger partial charge is 0.463 e. The van der Waals surface area contributed by atoms with Crippen LogP contribution in [0.25, 0.3) is 0 Å². The lowest BCUT2D eigenvalue weighted by Gasteiger charge is -2.23. The predicted octanol–water partition coefficient (Wildman–Crippen LogP) is 3.05. The minimum absolute atomic E-state index is 0.174. The van der Waals surface area contributed by atoms with E-state index in [1.807, 2.05) is 37.3 Å². The second-order valence-electron chi connectivity index (χ2n) is 4.39. The summed E-state index contributed by atoms with van der Waals surface area (Å²) in [5, 5.41) is 0. The SMILES string of the molecule is CCOC(=O)/C=C1\SC(=S)N(C(C)c2ccccc2)C1=O. The number of carbonyl (C=O) groups excluding carboxylic acids is 2. The highest BCUT2D eigenvalue weighted by Crippen LogP contribution is 2.36. The van der Waals surface area contributed by atoms with Crippen LogP contribution in [0.15, 0.2) is 41.3 Å². The van der Waals surface area contributed by atoms with E-state index in [1.165, 1.54) is 11.0 Å². The van der Waals surface area contributed by atoms with Crippen LogP contribution >= 0.6 is 24.0 Å². The van der Waals surface area contributed by atoms with Crippen molar-refractivity contribution in [3.8, 4) is 0 Å². The van der Waals surface area contributed by atoms with Gasteiger partial charge in [0.1, 0.15) is 4.32 Å². The number of hydrogen-bond acceptors (Lipinski definition) is 5. The van der Waals surface area contributed by atoms with Crippen LogP contribution in [0.4, 0.5) is 0 Å². The normalized spacial score (nSPS) is 18.2. The van der Waals surface area contributed by atoms with Crippen LogP contribution in [-0.4, -0.2) is 27.7 Å². The van der Waals surface area contributed by atoms with Crippen LogP contribution in [0.2, 0.25) is 0 Å². The van der Waals surface area contributed by atoms with Gasteiger partial charge in [-0.15, -0.1) is 0 Å². The summed E-state index contributed by atoms with van der Waals surface area (Å²) in [5.74, 6) is -0.778. The van der Waals surface area contributed by atoms with Gasteiger partial charge in [-0.05, 0) is 19.4 Å². The van der Waals surface area contributed by atoms with Crippen LogP contribution in [0.1, 0.15) is 25.5 Å². The van der Waals surface area contributed by atoms with Gasteiger partial charge in [0.15, 0.2) is 0 Å². The van der Waals surface area contributed by atoms with Crippen molar-refractivity contribution >= 4 is 40.2 Å². The van der Waals surface area contributed by atoms with E-state index in [4.69, 9.17) is 17.0 Å². The highest BCUT2D eigenvalue weighted by atomic mass is 32.2. The Morgan fingerprint density at radius 3 is 2.71 bits per heavy atom. The Kier molecular flexibility index (Phi) is 5.14. The molecule has 1 aromatic carbocycles. The molecule has 2 rings (SSSR count). The number of thioether (sulfide) groups is 1. The first-order chi connectivity index (χ1) is 10.0. The Bertz CT molecular complexity index is 598. The van der Waals surface area contributed by atoms with E-state index in [0.29, 0.717) is 9.23 Å². The summed E-state index contributed by atoms with van der Waals surface area (Å²) in [5.41, 5.74) is 0.992. The summed E-state index contributed by atoms with van der Waals surface area (Å²) in [6, 6.07) is 9.46. The first-order valence-electron chi connectivity index (χ1n) is 6.53. The van der Waals surface area contributed by atoms with E-state index < -0.39 is 5.97 Å². The number of benzene rings is 1. The van der Waals surface area contributed by atoms with Crippen molar-refractivity contribution in [1.29, 1.82) is 0 Å². The van der Waals surface area contributed by atoms with E-state index in [-0.39, 0.29) is 18.6 Å². The van der Waals surface area contributed by atoms with Crippen molar-refractivity contribution in [2.75, 3.05) is 6.61 Å². The zero-order valence-corrected chi connectivity index (χ0v) is 13.4.